The van der Waals surface area contributed by atoms with Gasteiger partial charge < -0.3 is 10.5 Å². The first kappa shape index (κ1) is 17.5. The number of nitrogens with zero attached hydrogens (tertiary/aromatic N) is 2. The lowest BCUT2D eigenvalue weighted by atomic mass is 9.97. The number of nitriles is 1. The SMILES string of the molecule is COc1ccc(C(C(C)N)N(CCC#N)CC(C)C)cc1. The zero-order chi connectivity index (χ0) is 15.8. The second-order valence-corrected chi connectivity index (χ2v) is 5.87. The van der Waals surface area contributed by atoms with E-state index in [1.54, 1.807) is 7.11 Å². The van der Waals surface area contributed by atoms with E-state index in [0.29, 0.717) is 12.3 Å². The van der Waals surface area contributed by atoms with Crippen LogP contribution in [0, 0.1) is 17.2 Å². The second-order valence-electron chi connectivity index (χ2n) is 5.87. The van der Waals surface area contributed by atoms with Crippen LogP contribution in [-0.2, 0) is 0 Å². The molecular weight excluding hydrogens is 262 g/mol. The number of nitrogens with two attached hydrogens (primary N) is 1. The van der Waals surface area contributed by atoms with Gasteiger partial charge in [-0.25, -0.2) is 0 Å². The van der Waals surface area contributed by atoms with Crippen molar-refractivity contribution in [2.75, 3.05) is 20.2 Å². The average molecular weight is 289 g/mol. The maximum atomic E-state index is 8.88. The van der Waals surface area contributed by atoms with Gasteiger partial charge >= 0.3 is 0 Å². The third-order valence-electron chi connectivity index (χ3n) is 3.46. The number of rotatable bonds is 8. The summed E-state index contributed by atoms with van der Waals surface area (Å²) in [6, 6.07) is 10.4. The Morgan fingerprint density at radius 2 is 1.86 bits per heavy atom. The maximum absolute atomic E-state index is 8.88. The molecule has 0 aromatic heterocycles. The van der Waals surface area contributed by atoms with Crippen LogP contribution < -0.4 is 10.5 Å². The maximum Gasteiger partial charge on any atom is 0.118 e. The van der Waals surface area contributed by atoms with Crippen molar-refractivity contribution in [2.24, 2.45) is 11.7 Å². The van der Waals surface area contributed by atoms with Crippen LogP contribution in [0.2, 0.25) is 0 Å². The zero-order valence-electron chi connectivity index (χ0n) is 13.5. The highest BCUT2D eigenvalue weighted by molar-refractivity contribution is 5.30. The fraction of sp³-hybridized carbons (Fsp3) is 0.588. The van der Waals surface area contributed by atoms with Gasteiger partial charge in [-0.1, -0.05) is 26.0 Å². The van der Waals surface area contributed by atoms with Gasteiger partial charge in [-0.05, 0) is 30.5 Å². The van der Waals surface area contributed by atoms with Gasteiger partial charge in [0.1, 0.15) is 5.75 Å². The molecule has 0 fully saturated rings. The van der Waals surface area contributed by atoms with Crippen LogP contribution in [0.1, 0.15) is 38.8 Å². The van der Waals surface area contributed by atoms with E-state index in [2.05, 4.69) is 36.9 Å². The van der Waals surface area contributed by atoms with Crippen molar-refractivity contribution in [3.8, 4) is 11.8 Å². The number of benzene rings is 1. The molecule has 4 nitrogen and oxygen atoms in total. The van der Waals surface area contributed by atoms with Gasteiger partial charge in [-0.3, -0.25) is 4.90 Å². The van der Waals surface area contributed by atoms with Gasteiger partial charge in [-0.2, -0.15) is 5.26 Å². The summed E-state index contributed by atoms with van der Waals surface area (Å²) < 4.78 is 5.21. The molecule has 0 heterocycles. The minimum atomic E-state index is -0.00385. The molecule has 0 radical (unpaired) electrons. The van der Waals surface area contributed by atoms with E-state index in [4.69, 9.17) is 15.7 Å². The first-order valence-corrected chi connectivity index (χ1v) is 7.50. The molecule has 2 atom stereocenters. The van der Waals surface area contributed by atoms with Crippen molar-refractivity contribution in [3.63, 3.8) is 0 Å². The molecule has 21 heavy (non-hydrogen) atoms. The molecule has 1 aromatic carbocycles. The first-order chi connectivity index (χ1) is 9.99. The predicted octanol–water partition coefficient (Wildman–Crippen LogP) is 2.96. The minimum absolute atomic E-state index is 0.00385. The van der Waals surface area contributed by atoms with Crippen LogP contribution in [0.25, 0.3) is 0 Å². The van der Waals surface area contributed by atoms with Gasteiger partial charge in [-0.15, -0.1) is 0 Å². The van der Waals surface area contributed by atoms with Crippen LogP contribution in [0.4, 0.5) is 0 Å². The molecule has 1 rings (SSSR count). The Labute approximate surface area is 128 Å². The summed E-state index contributed by atoms with van der Waals surface area (Å²) in [5.41, 5.74) is 7.40. The molecule has 0 spiro atoms. The van der Waals surface area contributed by atoms with Crippen molar-refractivity contribution in [1.29, 1.82) is 5.26 Å². The molecule has 0 aliphatic rings. The molecule has 2 N–H and O–H groups in total. The van der Waals surface area contributed by atoms with Crippen molar-refractivity contribution in [2.45, 2.75) is 39.3 Å². The molecule has 0 aliphatic heterocycles. The summed E-state index contributed by atoms with van der Waals surface area (Å²) in [6.45, 7) is 8.07. The Morgan fingerprint density at radius 1 is 1.24 bits per heavy atom. The lowest BCUT2D eigenvalue weighted by Crippen LogP contribution is -2.41. The molecule has 1 aromatic rings. The minimum Gasteiger partial charge on any atom is -0.497 e. The highest BCUT2D eigenvalue weighted by Crippen LogP contribution is 2.26. The Kier molecular flexibility index (Phi) is 7.21. The van der Waals surface area contributed by atoms with Crippen molar-refractivity contribution < 1.29 is 4.74 Å². The molecule has 0 saturated heterocycles. The predicted molar refractivity (Wildman–Crippen MR) is 86.0 cm³/mol. The fourth-order valence-electron chi connectivity index (χ4n) is 2.65. The van der Waals surface area contributed by atoms with Crippen LogP contribution in [-0.4, -0.2) is 31.1 Å². The largest absolute Gasteiger partial charge is 0.497 e. The van der Waals surface area contributed by atoms with Gasteiger partial charge in [0, 0.05) is 31.6 Å². The van der Waals surface area contributed by atoms with E-state index in [9.17, 15) is 0 Å². The molecular formula is C17H27N3O. The van der Waals surface area contributed by atoms with Crippen LogP contribution in [0.5, 0.6) is 5.75 Å². The van der Waals surface area contributed by atoms with E-state index in [0.717, 1.165) is 18.8 Å². The number of ether oxygens (including phenoxy) is 1. The molecule has 116 valence electrons. The standard InChI is InChI=1S/C17H27N3O/c1-13(2)12-20(11-5-10-18)17(14(3)19)15-6-8-16(21-4)9-7-15/h6-9,13-14,17H,5,11-12,19H2,1-4H3. The molecule has 0 amide bonds. The Bertz CT molecular complexity index is 448. The van der Waals surface area contributed by atoms with Gasteiger partial charge in [0.2, 0.25) is 0 Å². The Hall–Kier alpha value is -1.57. The molecule has 0 saturated carbocycles. The molecule has 4 heteroatoms. The fourth-order valence-corrected chi connectivity index (χ4v) is 2.65. The third-order valence-corrected chi connectivity index (χ3v) is 3.46. The summed E-state index contributed by atoms with van der Waals surface area (Å²) in [7, 11) is 1.66. The zero-order valence-corrected chi connectivity index (χ0v) is 13.5. The molecule has 2 unspecified atom stereocenters. The van der Waals surface area contributed by atoms with Crippen LogP contribution in [0.15, 0.2) is 24.3 Å². The highest BCUT2D eigenvalue weighted by atomic mass is 16.5. The van der Waals surface area contributed by atoms with E-state index in [1.165, 1.54) is 5.56 Å². The smallest absolute Gasteiger partial charge is 0.118 e. The molecule has 0 bridgehead atoms. The Morgan fingerprint density at radius 3 is 2.29 bits per heavy atom. The number of methoxy groups -OCH3 is 1. The van der Waals surface area contributed by atoms with E-state index in [-0.39, 0.29) is 12.1 Å². The van der Waals surface area contributed by atoms with Crippen molar-refractivity contribution in [1.82, 2.24) is 4.90 Å². The first-order valence-electron chi connectivity index (χ1n) is 7.50. The third kappa shape index (κ3) is 5.37. The van der Waals surface area contributed by atoms with E-state index < -0.39 is 0 Å². The summed E-state index contributed by atoms with van der Waals surface area (Å²) in [5, 5.41) is 8.88. The average Bonchev–Trinajstić information content (AvgIpc) is 2.44. The summed E-state index contributed by atoms with van der Waals surface area (Å²) >= 11 is 0. The quantitative estimate of drug-likeness (QED) is 0.799. The monoisotopic (exact) mass is 289 g/mol. The van der Waals surface area contributed by atoms with E-state index in [1.807, 2.05) is 19.1 Å². The van der Waals surface area contributed by atoms with Crippen LogP contribution in [0.3, 0.4) is 0 Å². The van der Waals surface area contributed by atoms with Gasteiger partial charge in [0.15, 0.2) is 0 Å². The number of hydrogen-bond donors (Lipinski definition) is 1. The molecule has 0 aliphatic carbocycles. The van der Waals surface area contributed by atoms with Gasteiger partial charge in [0.25, 0.3) is 0 Å². The van der Waals surface area contributed by atoms with E-state index >= 15 is 0 Å². The lowest BCUT2D eigenvalue weighted by molar-refractivity contribution is 0.160. The highest BCUT2D eigenvalue weighted by Gasteiger charge is 2.24. The van der Waals surface area contributed by atoms with Gasteiger partial charge in [0.05, 0.1) is 13.2 Å². The van der Waals surface area contributed by atoms with Crippen molar-refractivity contribution >= 4 is 0 Å². The summed E-state index contributed by atoms with van der Waals surface area (Å²) in [6.07, 6.45) is 0.520. The summed E-state index contributed by atoms with van der Waals surface area (Å²) in [5.74, 6) is 1.37. The normalized spacial score (nSPS) is 14.0. The topological polar surface area (TPSA) is 62.3 Å². The van der Waals surface area contributed by atoms with Crippen LogP contribution >= 0.6 is 0 Å². The van der Waals surface area contributed by atoms with Crippen molar-refractivity contribution in [3.05, 3.63) is 29.8 Å². The summed E-state index contributed by atoms with van der Waals surface area (Å²) in [4.78, 5) is 2.32. The number of hydrogen-bond acceptors (Lipinski definition) is 4. The lowest BCUT2D eigenvalue weighted by Gasteiger charge is -2.35. The Balaban J connectivity index is 3.01. The second kappa shape index (κ2) is 8.66.